The van der Waals surface area contributed by atoms with E-state index in [1.165, 1.54) is 0 Å². The molecule has 2 nitrogen and oxygen atoms in total. The van der Waals surface area contributed by atoms with Gasteiger partial charge in [-0.3, -0.25) is 0 Å². The zero-order chi connectivity index (χ0) is 11.8. The lowest BCUT2D eigenvalue weighted by molar-refractivity contribution is 0.188. The lowest BCUT2D eigenvalue weighted by atomic mass is 9.61. The Labute approximate surface area is 88.4 Å². The Morgan fingerprint density at radius 1 is 0.857 bits per heavy atom. The fourth-order valence-corrected chi connectivity index (χ4v) is 1.57. The first-order valence-electron chi connectivity index (χ1n) is 5.17. The molecule has 0 aromatic carbocycles. The minimum Gasteiger partial charge on any atom is -0.411 e. The topological polar surface area (TPSA) is 32.6 Å². The molecule has 84 valence electrons. The maximum atomic E-state index is 9.15. The molecule has 0 bridgehead atoms. The number of oxime groups is 1. The summed E-state index contributed by atoms with van der Waals surface area (Å²) in [5, 5.41) is 12.7. The van der Waals surface area contributed by atoms with Crippen LogP contribution in [0.15, 0.2) is 5.16 Å². The zero-order valence-electron chi connectivity index (χ0n) is 10.9. The van der Waals surface area contributed by atoms with E-state index in [4.69, 9.17) is 5.21 Å². The smallest absolute Gasteiger partial charge is 0.0685 e. The van der Waals surface area contributed by atoms with E-state index in [0.29, 0.717) is 0 Å². The lowest BCUT2D eigenvalue weighted by Crippen LogP contribution is -2.43. The van der Waals surface area contributed by atoms with Gasteiger partial charge in [-0.25, -0.2) is 0 Å². The summed E-state index contributed by atoms with van der Waals surface area (Å²) in [6, 6.07) is 0. The molecule has 0 unspecified atom stereocenters. The average molecular weight is 199 g/mol. The standard InChI is InChI=1S/C12H25NO/c1-10(2,3)9(13-14)12(7,8)11(4,5)6/h14H,1-8H3/b13-9+. The number of nitrogens with zero attached hydrogens (tertiary/aromatic N) is 1. The Morgan fingerprint density at radius 2 is 1.21 bits per heavy atom. The molecule has 2 heteroatoms. The van der Waals surface area contributed by atoms with Crippen molar-refractivity contribution in [2.24, 2.45) is 21.4 Å². The molecule has 0 rings (SSSR count). The summed E-state index contributed by atoms with van der Waals surface area (Å²) in [6.45, 7) is 17.0. The van der Waals surface area contributed by atoms with Gasteiger partial charge in [-0.1, -0.05) is 60.5 Å². The Morgan fingerprint density at radius 3 is 1.29 bits per heavy atom. The summed E-state index contributed by atoms with van der Waals surface area (Å²) >= 11 is 0. The second-order valence-electron chi connectivity index (χ2n) is 6.57. The molecule has 0 aliphatic carbocycles. The summed E-state index contributed by atoms with van der Waals surface area (Å²) in [5.41, 5.74) is 0.741. The number of hydrogen-bond donors (Lipinski definition) is 1. The Kier molecular flexibility index (Phi) is 3.42. The lowest BCUT2D eigenvalue weighted by Gasteiger charge is -2.43. The van der Waals surface area contributed by atoms with Gasteiger partial charge >= 0.3 is 0 Å². The molecule has 0 heterocycles. The molecule has 0 fully saturated rings. The molecular weight excluding hydrogens is 174 g/mol. The van der Waals surface area contributed by atoms with Crippen LogP contribution in [0.5, 0.6) is 0 Å². The van der Waals surface area contributed by atoms with Crippen LogP contribution < -0.4 is 0 Å². The van der Waals surface area contributed by atoms with Crippen LogP contribution in [-0.4, -0.2) is 10.9 Å². The van der Waals surface area contributed by atoms with Crippen molar-refractivity contribution in [1.29, 1.82) is 0 Å². The van der Waals surface area contributed by atoms with E-state index in [9.17, 15) is 0 Å². The summed E-state index contributed by atoms with van der Waals surface area (Å²) < 4.78 is 0. The molecule has 1 N–H and O–H groups in total. The monoisotopic (exact) mass is 199 g/mol. The largest absolute Gasteiger partial charge is 0.411 e. The molecule has 0 atom stereocenters. The predicted octanol–water partition coefficient (Wildman–Crippen LogP) is 3.94. The van der Waals surface area contributed by atoms with Crippen molar-refractivity contribution in [2.45, 2.75) is 55.4 Å². The van der Waals surface area contributed by atoms with Crippen LogP contribution in [0.3, 0.4) is 0 Å². The second kappa shape index (κ2) is 3.56. The van der Waals surface area contributed by atoms with E-state index in [2.05, 4.69) is 60.5 Å². The van der Waals surface area contributed by atoms with Crippen molar-refractivity contribution < 1.29 is 5.21 Å². The normalized spacial score (nSPS) is 15.9. The van der Waals surface area contributed by atoms with Crippen LogP contribution in [0.2, 0.25) is 0 Å². The first-order valence-corrected chi connectivity index (χ1v) is 5.17. The summed E-state index contributed by atoms with van der Waals surface area (Å²) in [5.74, 6) is 0. The van der Waals surface area contributed by atoms with Crippen LogP contribution in [-0.2, 0) is 0 Å². The van der Waals surface area contributed by atoms with Crippen molar-refractivity contribution in [1.82, 2.24) is 0 Å². The maximum Gasteiger partial charge on any atom is 0.0685 e. The highest BCUT2D eigenvalue weighted by Crippen LogP contribution is 2.43. The van der Waals surface area contributed by atoms with E-state index < -0.39 is 0 Å². The van der Waals surface area contributed by atoms with Gasteiger partial charge in [0.15, 0.2) is 0 Å². The van der Waals surface area contributed by atoms with Gasteiger partial charge in [0, 0.05) is 10.8 Å². The second-order valence-corrected chi connectivity index (χ2v) is 6.57. The van der Waals surface area contributed by atoms with Crippen LogP contribution in [0.25, 0.3) is 0 Å². The van der Waals surface area contributed by atoms with Gasteiger partial charge in [-0.2, -0.15) is 0 Å². The van der Waals surface area contributed by atoms with E-state index in [1.807, 2.05) is 0 Å². The Bertz CT molecular complexity index is 226. The molecule has 0 saturated carbocycles. The molecule has 0 spiro atoms. The molecular formula is C12H25NO. The third-order valence-corrected chi connectivity index (χ3v) is 3.28. The van der Waals surface area contributed by atoms with Gasteiger partial charge in [-0.15, -0.1) is 0 Å². The molecule has 0 amide bonds. The van der Waals surface area contributed by atoms with E-state index in [-0.39, 0.29) is 16.2 Å². The van der Waals surface area contributed by atoms with E-state index in [0.717, 1.165) is 5.71 Å². The number of rotatable bonds is 1. The third kappa shape index (κ3) is 2.49. The first kappa shape index (κ1) is 13.5. The SMILES string of the molecule is CC(C)(C)/C(=N\O)C(C)(C)C(C)(C)C. The number of hydrogen-bond acceptors (Lipinski definition) is 2. The summed E-state index contributed by atoms with van der Waals surface area (Å²) in [4.78, 5) is 0. The molecule has 0 aromatic rings. The summed E-state index contributed by atoms with van der Waals surface area (Å²) in [7, 11) is 0. The van der Waals surface area contributed by atoms with Gasteiger partial charge in [-0.05, 0) is 5.41 Å². The minimum atomic E-state index is -0.111. The highest BCUT2D eigenvalue weighted by Gasteiger charge is 2.42. The molecule has 0 aromatic heterocycles. The van der Waals surface area contributed by atoms with Gasteiger partial charge in [0.05, 0.1) is 5.71 Å². The van der Waals surface area contributed by atoms with E-state index in [1.54, 1.807) is 0 Å². The fraction of sp³-hybridized carbons (Fsp3) is 0.917. The highest BCUT2D eigenvalue weighted by atomic mass is 16.4. The first-order chi connectivity index (χ1) is 5.94. The van der Waals surface area contributed by atoms with Gasteiger partial charge in [0.2, 0.25) is 0 Å². The minimum absolute atomic E-state index is 0.0852. The van der Waals surface area contributed by atoms with Crippen molar-refractivity contribution in [3.8, 4) is 0 Å². The predicted molar refractivity (Wildman–Crippen MR) is 61.9 cm³/mol. The maximum absolute atomic E-state index is 9.15. The fourth-order valence-electron chi connectivity index (χ4n) is 1.57. The molecule has 0 radical (unpaired) electrons. The van der Waals surface area contributed by atoms with Crippen LogP contribution in [0.4, 0.5) is 0 Å². The van der Waals surface area contributed by atoms with Crippen LogP contribution in [0.1, 0.15) is 55.4 Å². The zero-order valence-corrected chi connectivity index (χ0v) is 10.9. The average Bonchev–Trinajstić information content (AvgIpc) is 1.80. The third-order valence-electron chi connectivity index (χ3n) is 3.28. The van der Waals surface area contributed by atoms with E-state index >= 15 is 0 Å². The quantitative estimate of drug-likeness (QED) is 0.387. The molecule has 0 aliphatic heterocycles. The summed E-state index contributed by atoms with van der Waals surface area (Å²) in [6.07, 6.45) is 0. The molecule has 0 aliphatic rings. The Balaban J connectivity index is 5.29. The van der Waals surface area contributed by atoms with Crippen molar-refractivity contribution in [3.63, 3.8) is 0 Å². The van der Waals surface area contributed by atoms with Crippen LogP contribution >= 0.6 is 0 Å². The highest BCUT2D eigenvalue weighted by molar-refractivity contribution is 5.94. The van der Waals surface area contributed by atoms with Crippen molar-refractivity contribution >= 4 is 5.71 Å². The van der Waals surface area contributed by atoms with Gasteiger partial charge < -0.3 is 5.21 Å². The van der Waals surface area contributed by atoms with Crippen LogP contribution in [0, 0.1) is 16.2 Å². The Hall–Kier alpha value is -0.530. The van der Waals surface area contributed by atoms with Crippen molar-refractivity contribution in [3.05, 3.63) is 0 Å². The molecule has 14 heavy (non-hydrogen) atoms. The van der Waals surface area contributed by atoms with Gasteiger partial charge in [0.1, 0.15) is 0 Å². The van der Waals surface area contributed by atoms with Crippen molar-refractivity contribution in [2.75, 3.05) is 0 Å². The molecule has 0 saturated heterocycles. The van der Waals surface area contributed by atoms with Gasteiger partial charge in [0.25, 0.3) is 0 Å².